The second-order valence-electron chi connectivity index (χ2n) is 3.45. The van der Waals surface area contributed by atoms with E-state index in [4.69, 9.17) is 0 Å². The molecule has 2 rings (SSSR count). The fourth-order valence-corrected chi connectivity index (χ4v) is 4.62. The summed E-state index contributed by atoms with van der Waals surface area (Å²) < 4.78 is 26.2. The highest BCUT2D eigenvalue weighted by molar-refractivity contribution is 8.25. The standard InChI is InChI=1S/C8H12F2N2OS2/c1-11-8-12-5-4(10)6(13)3(2-9)14-7(5)15-8/h3-7,13H,2H2,1H3,(H,11,12)/t3-,4-,5-,6-,7-/m1/s1. The van der Waals surface area contributed by atoms with Crippen LogP contribution in [-0.2, 0) is 0 Å². The van der Waals surface area contributed by atoms with Gasteiger partial charge in [-0.25, -0.2) is 8.78 Å². The Morgan fingerprint density at radius 2 is 2.33 bits per heavy atom. The lowest BCUT2D eigenvalue weighted by Crippen LogP contribution is -2.53. The highest BCUT2D eigenvalue weighted by Crippen LogP contribution is 2.43. The third-order valence-electron chi connectivity index (χ3n) is 2.53. The van der Waals surface area contributed by atoms with Crippen molar-refractivity contribution in [1.82, 2.24) is 5.32 Å². The van der Waals surface area contributed by atoms with Crippen molar-refractivity contribution in [2.24, 2.45) is 4.99 Å². The van der Waals surface area contributed by atoms with Gasteiger partial charge in [0, 0.05) is 7.05 Å². The zero-order valence-corrected chi connectivity index (χ0v) is 9.69. The van der Waals surface area contributed by atoms with Crippen LogP contribution in [0.3, 0.4) is 0 Å². The predicted molar refractivity (Wildman–Crippen MR) is 59.9 cm³/mol. The fourth-order valence-electron chi connectivity index (χ4n) is 1.69. The van der Waals surface area contributed by atoms with Gasteiger partial charge in [0.25, 0.3) is 0 Å². The molecule has 2 heterocycles. The lowest BCUT2D eigenvalue weighted by Gasteiger charge is -2.35. The molecule has 2 aliphatic rings. The molecule has 2 aliphatic heterocycles. The van der Waals surface area contributed by atoms with E-state index in [1.807, 2.05) is 0 Å². The number of hydrogen-bond donors (Lipinski definition) is 2. The molecule has 0 unspecified atom stereocenters. The van der Waals surface area contributed by atoms with Gasteiger partial charge in [0.2, 0.25) is 0 Å². The van der Waals surface area contributed by atoms with Crippen molar-refractivity contribution in [3.05, 3.63) is 0 Å². The Balaban J connectivity index is 2.13. The Bertz CT molecular complexity index is 279. The summed E-state index contributed by atoms with van der Waals surface area (Å²) in [6.07, 6.45) is -2.66. The molecule has 0 aromatic rings. The van der Waals surface area contributed by atoms with Crippen LogP contribution in [0.2, 0.25) is 0 Å². The second kappa shape index (κ2) is 4.47. The lowest BCUT2D eigenvalue weighted by molar-refractivity contribution is 0.0500. The predicted octanol–water partition coefficient (Wildman–Crippen LogP) is 0.787. The van der Waals surface area contributed by atoms with E-state index < -0.39 is 30.2 Å². The Hall–Kier alpha value is -0.0100. The quantitative estimate of drug-likeness (QED) is 0.726. The van der Waals surface area contributed by atoms with Crippen LogP contribution >= 0.6 is 23.5 Å². The zero-order chi connectivity index (χ0) is 11.0. The molecule has 15 heavy (non-hydrogen) atoms. The summed E-state index contributed by atoms with van der Waals surface area (Å²) >= 11 is 2.69. The van der Waals surface area contributed by atoms with Crippen LogP contribution in [-0.4, -0.2) is 52.1 Å². The van der Waals surface area contributed by atoms with E-state index in [1.165, 1.54) is 23.5 Å². The van der Waals surface area contributed by atoms with E-state index in [0.717, 1.165) is 0 Å². The van der Waals surface area contributed by atoms with Gasteiger partial charge in [-0.2, -0.15) is 0 Å². The summed E-state index contributed by atoms with van der Waals surface area (Å²) in [4.78, 5) is 3.94. The van der Waals surface area contributed by atoms with Crippen LogP contribution in [0.5, 0.6) is 0 Å². The number of nitrogens with one attached hydrogen (secondary N) is 1. The van der Waals surface area contributed by atoms with Crippen molar-refractivity contribution in [1.29, 1.82) is 0 Å². The second-order valence-corrected chi connectivity index (χ2v) is 6.26. The smallest absolute Gasteiger partial charge is 0.157 e. The molecule has 0 aliphatic carbocycles. The third-order valence-corrected chi connectivity index (χ3v) is 5.51. The first-order chi connectivity index (χ1) is 7.17. The van der Waals surface area contributed by atoms with Gasteiger partial charge in [-0.15, -0.1) is 11.8 Å². The number of aliphatic hydroxyl groups excluding tert-OH is 1. The summed E-state index contributed by atoms with van der Waals surface area (Å²) in [7, 11) is 1.62. The molecule has 0 amide bonds. The molecule has 7 heteroatoms. The molecule has 0 aromatic heterocycles. The first kappa shape index (κ1) is 11.5. The average Bonchev–Trinajstić information content (AvgIpc) is 2.66. The molecule has 86 valence electrons. The first-order valence-corrected chi connectivity index (χ1v) is 6.43. The van der Waals surface area contributed by atoms with Crippen molar-refractivity contribution in [2.75, 3.05) is 13.7 Å². The molecule has 3 nitrogen and oxygen atoms in total. The van der Waals surface area contributed by atoms with Gasteiger partial charge in [-0.3, -0.25) is 4.99 Å². The number of rotatable bonds is 1. The van der Waals surface area contributed by atoms with Crippen molar-refractivity contribution in [3.8, 4) is 0 Å². The molecule has 2 fully saturated rings. The first-order valence-electron chi connectivity index (χ1n) is 4.61. The number of halogens is 2. The minimum absolute atomic E-state index is 0.0946. The number of amidine groups is 1. The van der Waals surface area contributed by atoms with Crippen LogP contribution in [0.15, 0.2) is 4.99 Å². The van der Waals surface area contributed by atoms with E-state index in [1.54, 1.807) is 7.05 Å². The fraction of sp³-hybridized carbons (Fsp3) is 0.875. The molecule has 0 spiro atoms. The van der Waals surface area contributed by atoms with E-state index in [9.17, 15) is 13.9 Å². The normalized spacial score (nSPS) is 47.7. The Morgan fingerprint density at radius 3 is 2.93 bits per heavy atom. The topological polar surface area (TPSA) is 44.6 Å². The van der Waals surface area contributed by atoms with E-state index in [0.29, 0.717) is 5.17 Å². The average molecular weight is 254 g/mol. The number of aliphatic hydroxyl groups is 1. The van der Waals surface area contributed by atoms with Crippen LogP contribution in [0.1, 0.15) is 0 Å². The van der Waals surface area contributed by atoms with E-state index in [2.05, 4.69) is 10.3 Å². The molecule has 2 N–H and O–H groups in total. The molecule has 0 aromatic carbocycles. The summed E-state index contributed by atoms with van der Waals surface area (Å²) in [6.45, 7) is -0.700. The number of fused-ring (bicyclic) bond motifs is 1. The largest absolute Gasteiger partial charge is 0.389 e. The minimum Gasteiger partial charge on any atom is -0.389 e. The summed E-state index contributed by atoms with van der Waals surface area (Å²) in [6, 6.07) is -0.462. The van der Waals surface area contributed by atoms with Crippen LogP contribution < -0.4 is 5.32 Å². The lowest BCUT2D eigenvalue weighted by atomic mass is 10.1. The zero-order valence-electron chi connectivity index (χ0n) is 8.06. The molecular formula is C8H12F2N2OS2. The monoisotopic (exact) mass is 254 g/mol. The number of aliphatic imine (C=N–C) groups is 1. The summed E-state index contributed by atoms with van der Waals surface area (Å²) in [5.74, 6) is 0. The van der Waals surface area contributed by atoms with Crippen LogP contribution in [0.25, 0.3) is 0 Å². The van der Waals surface area contributed by atoms with E-state index >= 15 is 0 Å². The molecule has 2 saturated heterocycles. The molecule has 0 radical (unpaired) electrons. The number of thioether (sulfide) groups is 2. The van der Waals surface area contributed by atoms with Gasteiger partial charge >= 0.3 is 0 Å². The van der Waals surface area contributed by atoms with Gasteiger partial charge in [0.1, 0.15) is 19.0 Å². The molecule has 0 saturated carbocycles. The van der Waals surface area contributed by atoms with Crippen molar-refractivity contribution in [3.63, 3.8) is 0 Å². The van der Waals surface area contributed by atoms with Crippen molar-refractivity contribution in [2.45, 2.75) is 28.1 Å². The highest BCUT2D eigenvalue weighted by Gasteiger charge is 2.49. The van der Waals surface area contributed by atoms with Gasteiger partial charge in [0.05, 0.1) is 15.9 Å². The van der Waals surface area contributed by atoms with Crippen molar-refractivity contribution >= 4 is 28.7 Å². The summed E-state index contributed by atoms with van der Waals surface area (Å²) in [5, 5.41) is 12.4. The van der Waals surface area contributed by atoms with Gasteiger partial charge in [0.15, 0.2) is 5.17 Å². The minimum atomic E-state index is -1.43. The maximum Gasteiger partial charge on any atom is 0.157 e. The number of alkyl halides is 2. The summed E-state index contributed by atoms with van der Waals surface area (Å²) in [5.41, 5.74) is 0. The van der Waals surface area contributed by atoms with Crippen LogP contribution in [0, 0.1) is 0 Å². The van der Waals surface area contributed by atoms with Gasteiger partial charge in [-0.1, -0.05) is 11.8 Å². The van der Waals surface area contributed by atoms with Gasteiger partial charge in [-0.05, 0) is 0 Å². The number of nitrogens with zero attached hydrogens (tertiary/aromatic N) is 1. The molecule has 0 bridgehead atoms. The molecular weight excluding hydrogens is 242 g/mol. The Labute approximate surface area is 95.1 Å². The maximum atomic E-state index is 13.7. The van der Waals surface area contributed by atoms with Crippen molar-refractivity contribution < 1.29 is 13.9 Å². The SMILES string of the molecule is CN=C1N[C@H]2[C@@H](S1)S[C@H](CF)[C@@H](O)[C@@H]2F. The maximum absolute atomic E-state index is 13.7. The molecule has 5 atom stereocenters. The third kappa shape index (κ3) is 1.97. The van der Waals surface area contributed by atoms with Gasteiger partial charge < -0.3 is 10.4 Å². The Kier molecular flexibility index (Phi) is 3.42. The highest BCUT2D eigenvalue weighted by atomic mass is 32.2. The Morgan fingerprint density at radius 1 is 1.60 bits per heavy atom. The van der Waals surface area contributed by atoms with E-state index in [-0.39, 0.29) is 4.58 Å². The van der Waals surface area contributed by atoms with Crippen LogP contribution in [0.4, 0.5) is 8.78 Å². The number of hydrogen-bond acceptors (Lipinski definition) is 4.